The molecular weight excluding hydrogens is 442 g/mol. The van der Waals surface area contributed by atoms with E-state index in [1.54, 1.807) is 49.4 Å². The molecule has 2 aromatic carbocycles. The lowest BCUT2D eigenvalue weighted by Crippen LogP contribution is -2.28. The summed E-state index contributed by atoms with van der Waals surface area (Å²) in [5, 5.41) is 0. The van der Waals surface area contributed by atoms with Crippen molar-refractivity contribution in [2.75, 3.05) is 11.5 Å². The Kier molecular flexibility index (Phi) is 6.32. The van der Waals surface area contributed by atoms with E-state index in [1.807, 2.05) is 4.57 Å². The molecule has 1 saturated heterocycles. The van der Waals surface area contributed by atoms with Crippen molar-refractivity contribution in [1.82, 2.24) is 4.57 Å². The average molecular weight is 464 g/mol. The van der Waals surface area contributed by atoms with Crippen molar-refractivity contribution in [2.45, 2.75) is 26.3 Å². The first-order valence-electron chi connectivity index (χ1n) is 10.4. The van der Waals surface area contributed by atoms with Gasteiger partial charge in [0.15, 0.2) is 4.80 Å². The van der Waals surface area contributed by atoms with Gasteiger partial charge in [-0.3, -0.25) is 19.3 Å². The fourth-order valence-corrected chi connectivity index (χ4v) is 4.68. The van der Waals surface area contributed by atoms with E-state index in [2.05, 4.69) is 11.6 Å². The number of nitrogens with zero attached hydrogens (tertiary/aromatic N) is 3. The third-order valence-electron chi connectivity index (χ3n) is 5.11. The Morgan fingerprint density at radius 1 is 1.12 bits per heavy atom. The molecule has 1 fully saturated rings. The first-order chi connectivity index (χ1) is 15.9. The number of carbonyl (C=O) groups is 4. The Morgan fingerprint density at radius 2 is 1.88 bits per heavy atom. The molecule has 3 amide bonds. The Balaban J connectivity index is 1.74. The monoisotopic (exact) mass is 463 g/mol. The summed E-state index contributed by atoms with van der Waals surface area (Å²) in [6, 6.07) is 11.5. The van der Waals surface area contributed by atoms with Crippen LogP contribution in [-0.2, 0) is 20.9 Å². The molecule has 0 N–H and O–H groups in total. The molecular formula is C24H21N3O5S. The van der Waals surface area contributed by atoms with Crippen molar-refractivity contribution in [2.24, 2.45) is 4.99 Å². The minimum atomic E-state index is -0.508. The van der Waals surface area contributed by atoms with Crippen LogP contribution >= 0.6 is 11.3 Å². The number of aromatic nitrogens is 1. The van der Waals surface area contributed by atoms with Crippen LogP contribution in [0.1, 0.15) is 40.5 Å². The number of hydrogen-bond acceptors (Lipinski definition) is 6. The Bertz CT molecular complexity index is 1350. The largest absolute Gasteiger partial charge is 0.462 e. The molecule has 4 rings (SSSR count). The maximum Gasteiger partial charge on any atom is 0.338 e. The lowest BCUT2D eigenvalue weighted by Gasteiger charge is -2.14. The van der Waals surface area contributed by atoms with E-state index in [0.29, 0.717) is 22.6 Å². The standard InChI is InChI=1S/C24H21N3O5S/c1-3-12-26-18-9-8-16(23(31)32-4-2)14-19(18)33-24(26)25-22(30)15-6-5-7-17(13-15)27-20(28)10-11-21(27)29/h3,5-9,13-14H,1,4,10-12H2,2H3. The van der Waals surface area contributed by atoms with Gasteiger partial charge >= 0.3 is 5.97 Å². The molecule has 1 aromatic heterocycles. The van der Waals surface area contributed by atoms with Crippen LogP contribution in [0.5, 0.6) is 0 Å². The molecule has 33 heavy (non-hydrogen) atoms. The van der Waals surface area contributed by atoms with Gasteiger partial charge in [0.25, 0.3) is 5.91 Å². The Hall–Kier alpha value is -3.85. The number of hydrogen-bond donors (Lipinski definition) is 0. The van der Waals surface area contributed by atoms with Crippen molar-refractivity contribution < 1.29 is 23.9 Å². The van der Waals surface area contributed by atoms with E-state index in [9.17, 15) is 19.2 Å². The molecule has 0 saturated carbocycles. The third kappa shape index (κ3) is 4.40. The van der Waals surface area contributed by atoms with Gasteiger partial charge in [-0.05, 0) is 43.3 Å². The van der Waals surface area contributed by atoms with Gasteiger partial charge in [0.2, 0.25) is 11.8 Å². The minimum absolute atomic E-state index is 0.165. The van der Waals surface area contributed by atoms with Crippen LogP contribution in [-0.4, -0.2) is 34.9 Å². The van der Waals surface area contributed by atoms with Crippen LogP contribution in [0.3, 0.4) is 0 Å². The number of ether oxygens (including phenoxy) is 1. The van der Waals surface area contributed by atoms with Gasteiger partial charge in [0, 0.05) is 24.9 Å². The fourth-order valence-electron chi connectivity index (χ4n) is 3.60. The van der Waals surface area contributed by atoms with Gasteiger partial charge in [0.05, 0.1) is 28.1 Å². The normalized spacial score (nSPS) is 14.2. The molecule has 0 radical (unpaired) electrons. The van der Waals surface area contributed by atoms with Gasteiger partial charge in [-0.2, -0.15) is 4.99 Å². The fraction of sp³-hybridized carbons (Fsp3) is 0.208. The first-order valence-corrected chi connectivity index (χ1v) is 11.2. The predicted octanol–water partition coefficient (Wildman–Crippen LogP) is 3.46. The van der Waals surface area contributed by atoms with Crippen LogP contribution in [0.25, 0.3) is 10.2 Å². The highest BCUT2D eigenvalue weighted by molar-refractivity contribution is 7.16. The second kappa shape index (κ2) is 9.33. The van der Waals surface area contributed by atoms with Crippen LogP contribution in [0.2, 0.25) is 0 Å². The molecule has 2 heterocycles. The lowest BCUT2D eigenvalue weighted by molar-refractivity contribution is -0.121. The molecule has 1 aliphatic heterocycles. The van der Waals surface area contributed by atoms with E-state index in [-0.39, 0.29) is 36.8 Å². The molecule has 8 nitrogen and oxygen atoms in total. The molecule has 1 aliphatic rings. The number of carbonyl (C=O) groups excluding carboxylic acids is 4. The van der Waals surface area contributed by atoms with E-state index < -0.39 is 11.9 Å². The zero-order chi connectivity index (χ0) is 23.5. The SMILES string of the molecule is C=CCn1c(=NC(=O)c2cccc(N3C(=O)CCC3=O)c2)sc2cc(C(=O)OCC)ccc21. The topological polar surface area (TPSA) is 98.0 Å². The van der Waals surface area contributed by atoms with Crippen LogP contribution in [0.15, 0.2) is 60.1 Å². The average Bonchev–Trinajstić information content (AvgIpc) is 3.32. The van der Waals surface area contributed by atoms with Crippen molar-refractivity contribution in [1.29, 1.82) is 0 Å². The number of esters is 1. The molecule has 0 atom stereocenters. The van der Waals surface area contributed by atoms with Crippen molar-refractivity contribution in [3.63, 3.8) is 0 Å². The van der Waals surface area contributed by atoms with Gasteiger partial charge in [-0.25, -0.2) is 4.79 Å². The van der Waals surface area contributed by atoms with Gasteiger partial charge in [0.1, 0.15) is 0 Å². The minimum Gasteiger partial charge on any atom is -0.462 e. The molecule has 168 valence electrons. The summed E-state index contributed by atoms with van der Waals surface area (Å²) in [5.41, 5.74) is 1.84. The van der Waals surface area contributed by atoms with E-state index in [4.69, 9.17) is 4.74 Å². The number of rotatable bonds is 6. The zero-order valence-corrected chi connectivity index (χ0v) is 18.8. The van der Waals surface area contributed by atoms with Crippen molar-refractivity contribution in [3.05, 3.63) is 71.0 Å². The molecule has 0 unspecified atom stereocenters. The van der Waals surface area contributed by atoms with E-state index in [0.717, 1.165) is 15.1 Å². The number of imide groups is 1. The van der Waals surface area contributed by atoms with E-state index in [1.165, 1.54) is 17.4 Å². The first kappa shape index (κ1) is 22.3. The molecule has 3 aromatic rings. The van der Waals surface area contributed by atoms with Crippen LogP contribution < -0.4 is 9.70 Å². The van der Waals surface area contributed by atoms with Gasteiger partial charge in [-0.1, -0.05) is 23.5 Å². The van der Waals surface area contributed by atoms with E-state index >= 15 is 0 Å². The summed E-state index contributed by atoms with van der Waals surface area (Å²) < 4.78 is 7.67. The summed E-state index contributed by atoms with van der Waals surface area (Å²) in [4.78, 5) is 55.0. The van der Waals surface area contributed by atoms with Crippen molar-refractivity contribution in [3.8, 4) is 0 Å². The summed E-state index contributed by atoms with van der Waals surface area (Å²) in [6.45, 7) is 6.21. The molecule has 9 heteroatoms. The van der Waals surface area contributed by atoms with Gasteiger partial charge < -0.3 is 9.30 Å². The summed E-state index contributed by atoms with van der Waals surface area (Å²) in [5.74, 6) is -1.49. The molecule has 0 bridgehead atoms. The highest BCUT2D eigenvalue weighted by atomic mass is 32.1. The zero-order valence-electron chi connectivity index (χ0n) is 17.9. The van der Waals surface area contributed by atoms with Crippen LogP contribution in [0, 0.1) is 0 Å². The molecule has 0 aliphatic carbocycles. The smallest absolute Gasteiger partial charge is 0.338 e. The van der Waals surface area contributed by atoms with Gasteiger partial charge in [-0.15, -0.1) is 6.58 Å². The number of fused-ring (bicyclic) bond motifs is 1. The summed E-state index contributed by atoms with van der Waals surface area (Å²) >= 11 is 1.27. The number of anilines is 1. The Morgan fingerprint density at radius 3 is 2.58 bits per heavy atom. The number of thiazole rings is 1. The Labute approximate surface area is 193 Å². The second-order valence-electron chi connectivity index (χ2n) is 7.28. The van der Waals surface area contributed by atoms with Crippen molar-refractivity contribution >= 4 is 50.9 Å². The highest BCUT2D eigenvalue weighted by Gasteiger charge is 2.30. The number of amides is 3. The van der Waals surface area contributed by atoms with Crippen LogP contribution in [0.4, 0.5) is 5.69 Å². The lowest BCUT2D eigenvalue weighted by atomic mass is 10.2. The predicted molar refractivity (Wildman–Crippen MR) is 124 cm³/mol. The number of benzene rings is 2. The summed E-state index contributed by atoms with van der Waals surface area (Å²) in [7, 11) is 0. The highest BCUT2D eigenvalue weighted by Crippen LogP contribution is 2.24. The quantitative estimate of drug-likeness (QED) is 0.317. The third-order valence-corrected chi connectivity index (χ3v) is 6.15. The molecule has 0 spiro atoms. The maximum atomic E-state index is 13.0. The summed E-state index contributed by atoms with van der Waals surface area (Å²) in [6.07, 6.45) is 2.02. The maximum absolute atomic E-state index is 13.0. The second-order valence-corrected chi connectivity index (χ2v) is 8.29. The number of allylic oxidation sites excluding steroid dienone is 1.